The summed E-state index contributed by atoms with van der Waals surface area (Å²) in [5, 5.41) is 139. The molecule has 0 aromatic rings. The van der Waals surface area contributed by atoms with Crippen molar-refractivity contribution >= 4 is 11.9 Å². The average Bonchev–Trinajstić information content (AvgIpc) is 3.29. The van der Waals surface area contributed by atoms with E-state index in [1.54, 1.807) is 0 Å². The standard InChI is InChI=1S/C49H78O20/c1-44(2)11-13-49(43(64)69-42-37(61)34(58)32(56)27(19-51)67-42)14-12-47(5)22(23(49)16-44)7-8-29-45(3)17-24(53)39(46(4,20-52)28(45)9-10-48(29,47)6)65-25-15-21(40(62)63)38(35(59)30(25)54)68-41-36(60)33(57)31(55)26(18-50)66-41/h7,21,23-39,41-42,50-61H,8-20H2,1-6H3,(H,62,63)/t21-,23?,24-,25+,26+,27+,28?,29?,30-,31-,32+,33-,34-,35+,36+,37+,38+,39-,41-,42-,45-,46-,47+,48+,49-/m0/s1. The quantitative estimate of drug-likeness (QED) is 0.0907. The van der Waals surface area contributed by atoms with E-state index in [0.29, 0.717) is 44.9 Å². The van der Waals surface area contributed by atoms with Crippen molar-refractivity contribution in [3.63, 3.8) is 0 Å². The lowest BCUT2D eigenvalue weighted by Crippen LogP contribution is -2.69. The van der Waals surface area contributed by atoms with E-state index in [2.05, 4.69) is 40.7 Å². The highest BCUT2D eigenvalue weighted by Crippen LogP contribution is 2.76. The molecule has 7 fully saturated rings. The molecule has 394 valence electrons. The summed E-state index contributed by atoms with van der Waals surface area (Å²) in [4.78, 5) is 27.4. The normalized spacial score (nSPS) is 53.9. The first-order valence-corrected chi connectivity index (χ1v) is 24.9. The fourth-order valence-electron chi connectivity index (χ4n) is 15.6. The average molecular weight is 987 g/mol. The van der Waals surface area contributed by atoms with Gasteiger partial charge in [-0.1, -0.05) is 53.2 Å². The minimum atomic E-state index is -1.94. The first-order valence-electron chi connectivity index (χ1n) is 24.9. The van der Waals surface area contributed by atoms with Crippen LogP contribution in [0.1, 0.15) is 106 Å². The van der Waals surface area contributed by atoms with Gasteiger partial charge in [-0.3, -0.25) is 9.59 Å². The van der Waals surface area contributed by atoms with Gasteiger partial charge in [0.1, 0.15) is 67.1 Å². The monoisotopic (exact) mass is 987 g/mol. The van der Waals surface area contributed by atoms with E-state index in [-0.39, 0.29) is 35.0 Å². The number of aliphatic hydroxyl groups excluding tert-OH is 12. The molecule has 13 N–H and O–H groups in total. The number of fused-ring (bicyclic) bond motifs is 7. The van der Waals surface area contributed by atoms with Gasteiger partial charge in [0.25, 0.3) is 0 Å². The maximum absolute atomic E-state index is 14.7. The summed E-state index contributed by atoms with van der Waals surface area (Å²) in [7, 11) is 0. The lowest BCUT2D eigenvalue weighted by atomic mass is 9.33. The molecule has 0 radical (unpaired) electrons. The van der Waals surface area contributed by atoms with Crippen LogP contribution in [0.4, 0.5) is 0 Å². The summed E-state index contributed by atoms with van der Waals surface area (Å²) in [5.74, 6) is -4.08. The van der Waals surface area contributed by atoms with Crippen LogP contribution < -0.4 is 0 Å². The summed E-state index contributed by atoms with van der Waals surface area (Å²) in [6, 6.07) is 0. The lowest BCUT2D eigenvalue weighted by Gasteiger charge is -2.72. The lowest BCUT2D eigenvalue weighted by molar-refractivity contribution is -0.332. The van der Waals surface area contributed by atoms with Crippen molar-refractivity contribution in [3.05, 3.63) is 11.6 Å². The van der Waals surface area contributed by atoms with Crippen molar-refractivity contribution < 1.29 is 99.7 Å². The molecule has 0 spiro atoms. The van der Waals surface area contributed by atoms with Gasteiger partial charge in [-0.05, 0) is 104 Å². The van der Waals surface area contributed by atoms with Crippen LogP contribution in [-0.2, 0) is 33.3 Å². The van der Waals surface area contributed by atoms with Gasteiger partial charge in [-0.25, -0.2) is 0 Å². The number of allylic oxidation sites excluding steroid dienone is 2. The molecule has 0 amide bonds. The molecule has 8 rings (SSSR count). The van der Waals surface area contributed by atoms with Crippen LogP contribution in [0.5, 0.6) is 0 Å². The van der Waals surface area contributed by atoms with E-state index in [1.165, 1.54) is 5.57 Å². The predicted molar refractivity (Wildman–Crippen MR) is 237 cm³/mol. The Hall–Kier alpha value is -1.96. The molecule has 2 heterocycles. The highest BCUT2D eigenvalue weighted by molar-refractivity contribution is 5.79. The van der Waals surface area contributed by atoms with Crippen molar-refractivity contribution in [1.82, 2.24) is 0 Å². The number of carboxylic acids is 1. The van der Waals surface area contributed by atoms with Crippen LogP contribution >= 0.6 is 0 Å². The van der Waals surface area contributed by atoms with Gasteiger partial charge in [-0.2, -0.15) is 0 Å². The fourth-order valence-corrected chi connectivity index (χ4v) is 15.6. The molecule has 2 aliphatic heterocycles. The third-order valence-electron chi connectivity index (χ3n) is 19.9. The largest absolute Gasteiger partial charge is 0.481 e. The van der Waals surface area contributed by atoms with Gasteiger partial charge >= 0.3 is 11.9 Å². The molecular formula is C49H78O20. The van der Waals surface area contributed by atoms with E-state index in [9.17, 15) is 76.0 Å². The summed E-state index contributed by atoms with van der Waals surface area (Å²) in [5.41, 5.74) is -2.45. The molecule has 25 atom stereocenters. The molecule has 5 saturated carbocycles. The highest BCUT2D eigenvalue weighted by Gasteiger charge is 2.71. The van der Waals surface area contributed by atoms with E-state index in [4.69, 9.17) is 23.7 Å². The third kappa shape index (κ3) is 8.26. The maximum atomic E-state index is 14.7. The second-order valence-electron chi connectivity index (χ2n) is 24.0. The minimum Gasteiger partial charge on any atom is -0.481 e. The number of aliphatic hydroxyl groups is 12. The Kier molecular flexibility index (Phi) is 14.5. The Bertz CT molecular complexity index is 1930. The molecule has 8 aliphatic rings. The molecule has 0 bridgehead atoms. The molecule has 2 saturated heterocycles. The zero-order valence-electron chi connectivity index (χ0n) is 40.5. The maximum Gasteiger partial charge on any atom is 0.315 e. The Labute approximate surface area is 402 Å². The number of carbonyl (C=O) groups is 2. The van der Waals surface area contributed by atoms with Crippen molar-refractivity contribution in [2.24, 2.45) is 56.2 Å². The van der Waals surface area contributed by atoms with Crippen molar-refractivity contribution in [3.8, 4) is 0 Å². The number of hydrogen-bond donors (Lipinski definition) is 13. The molecule has 0 aromatic carbocycles. The van der Waals surface area contributed by atoms with Crippen LogP contribution in [0.2, 0.25) is 0 Å². The molecule has 3 unspecified atom stereocenters. The number of esters is 1. The fraction of sp³-hybridized carbons (Fsp3) is 0.918. The summed E-state index contributed by atoms with van der Waals surface area (Å²) >= 11 is 0. The van der Waals surface area contributed by atoms with Crippen molar-refractivity contribution in [2.45, 2.75) is 204 Å². The smallest absolute Gasteiger partial charge is 0.315 e. The molecule has 69 heavy (non-hydrogen) atoms. The Balaban J connectivity index is 1.04. The number of rotatable bonds is 10. The summed E-state index contributed by atoms with van der Waals surface area (Å²) in [6.45, 7) is 11.1. The molecule has 6 aliphatic carbocycles. The van der Waals surface area contributed by atoms with Crippen molar-refractivity contribution in [1.29, 1.82) is 0 Å². The van der Waals surface area contributed by atoms with Crippen LogP contribution in [0.25, 0.3) is 0 Å². The SMILES string of the molecule is CC1(C)CC[C@]2(C(=O)O[C@@H]3O[C@H](CO)[C@@H](O)[C@H](O)[C@H]3O)CC[C@]3(C)C(=CCC4[C@@]5(C)C[C@H](O)[C@H](O[C@@H]6C[C@H](C(=O)O)[C@@H](O[C@@H]7O[C@H](CO)[C@H](O)[C@H](O)[C@H]7O)[C@H](O)[C@H]6O)[C@@](C)(CO)C5CC[C@]43C)C2C1. The molecular weight excluding hydrogens is 909 g/mol. The minimum absolute atomic E-state index is 0.0250. The third-order valence-corrected chi connectivity index (χ3v) is 19.9. The predicted octanol–water partition coefficient (Wildman–Crippen LogP) is -1.16. The number of carbonyl (C=O) groups excluding carboxylic acids is 1. The topological polar surface area (TPSA) is 343 Å². The van der Waals surface area contributed by atoms with Gasteiger partial charge in [0.2, 0.25) is 6.29 Å². The van der Waals surface area contributed by atoms with Gasteiger partial charge in [-0.15, -0.1) is 0 Å². The number of hydrogen-bond acceptors (Lipinski definition) is 19. The van der Waals surface area contributed by atoms with Crippen LogP contribution in [0, 0.1) is 56.2 Å². The number of ether oxygens (including phenoxy) is 5. The summed E-state index contributed by atoms with van der Waals surface area (Å²) < 4.78 is 29.3. The second kappa shape index (κ2) is 18.8. The van der Waals surface area contributed by atoms with Crippen molar-refractivity contribution in [2.75, 3.05) is 19.8 Å². The molecule has 20 heteroatoms. The van der Waals surface area contributed by atoms with Crippen LogP contribution in [0.3, 0.4) is 0 Å². The first kappa shape index (κ1) is 53.3. The van der Waals surface area contributed by atoms with Gasteiger partial charge in [0.05, 0.1) is 49.5 Å². The Morgan fingerprint density at radius 1 is 0.681 bits per heavy atom. The van der Waals surface area contributed by atoms with Crippen LogP contribution in [-0.4, -0.2) is 196 Å². The Morgan fingerprint density at radius 3 is 1.87 bits per heavy atom. The van der Waals surface area contributed by atoms with E-state index in [1.807, 2.05) is 6.92 Å². The van der Waals surface area contributed by atoms with E-state index in [0.717, 1.165) is 6.42 Å². The molecule has 0 aromatic heterocycles. The zero-order chi connectivity index (χ0) is 50.7. The zero-order valence-corrected chi connectivity index (χ0v) is 40.5. The summed E-state index contributed by atoms with van der Waals surface area (Å²) in [6.07, 6.45) is -18.6. The second-order valence-corrected chi connectivity index (χ2v) is 24.0. The molecule has 20 nitrogen and oxygen atoms in total. The van der Waals surface area contributed by atoms with Gasteiger partial charge in [0.15, 0.2) is 6.29 Å². The Morgan fingerprint density at radius 2 is 1.28 bits per heavy atom. The number of aliphatic carboxylic acids is 1. The van der Waals surface area contributed by atoms with Crippen LogP contribution in [0.15, 0.2) is 11.6 Å². The van der Waals surface area contributed by atoms with Gasteiger partial charge in [0, 0.05) is 5.41 Å². The van der Waals surface area contributed by atoms with Gasteiger partial charge < -0.3 is 90.1 Å². The van der Waals surface area contributed by atoms with E-state index >= 15 is 0 Å². The highest BCUT2D eigenvalue weighted by atomic mass is 16.7. The number of carboxylic acid groups (broad SMARTS) is 1. The first-order chi connectivity index (χ1) is 32.2. The van der Waals surface area contributed by atoms with E-state index < -0.39 is 164 Å².